The molecule has 11 heavy (non-hydrogen) atoms. The van der Waals surface area contributed by atoms with Crippen LogP contribution >= 0.6 is 15.9 Å². The fraction of sp³-hybridized carbons (Fsp3) is 0.250. The van der Waals surface area contributed by atoms with E-state index >= 15 is 0 Å². The molecule has 3 heteroatoms. The molecule has 1 aromatic carbocycles. The summed E-state index contributed by atoms with van der Waals surface area (Å²) in [6.45, 7) is 1.71. The quantitative estimate of drug-likeness (QED) is 0.768. The molecule has 0 saturated heterocycles. The summed E-state index contributed by atoms with van der Waals surface area (Å²) in [4.78, 5) is 0. The van der Waals surface area contributed by atoms with Crippen molar-refractivity contribution in [1.82, 2.24) is 0 Å². The van der Waals surface area contributed by atoms with Gasteiger partial charge in [0.25, 0.3) is 0 Å². The number of aliphatic hydroxyl groups is 1. The minimum Gasteiger partial charge on any atom is -0.392 e. The van der Waals surface area contributed by atoms with Crippen molar-refractivity contribution in [2.45, 2.75) is 13.5 Å². The fourth-order valence-corrected chi connectivity index (χ4v) is 1.25. The SMILES string of the molecule is Cc1c(CO)ccc(F)c1Br. The molecular formula is C8H8BrFO. The second-order valence-corrected chi connectivity index (χ2v) is 3.10. The van der Waals surface area contributed by atoms with E-state index in [9.17, 15) is 4.39 Å². The van der Waals surface area contributed by atoms with E-state index < -0.39 is 0 Å². The Bertz CT molecular complexity index is 273. The molecule has 60 valence electrons. The summed E-state index contributed by atoms with van der Waals surface area (Å²) in [5.74, 6) is -0.292. The molecule has 0 saturated carbocycles. The van der Waals surface area contributed by atoms with Crippen LogP contribution in [0.1, 0.15) is 11.1 Å². The summed E-state index contributed by atoms with van der Waals surface area (Å²) in [6, 6.07) is 2.91. The fourth-order valence-electron chi connectivity index (χ4n) is 0.863. The van der Waals surface area contributed by atoms with Crippen LogP contribution in [0, 0.1) is 12.7 Å². The van der Waals surface area contributed by atoms with Crippen molar-refractivity contribution in [2.24, 2.45) is 0 Å². The molecule has 0 unspecified atom stereocenters. The molecule has 0 aliphatic carbocycles. The van der Waals surface area contributed by atoms with E-state index in [0.29, 0.717) is 4.47 Å². The van der Waals surface area contributed by atoms with Gasteiger partial charge in [-0.25, -0.2) is 4.39 Å². The molecule has 0 heterocycles. The Kier molecular flexibility index (Phi) is 2.62. The Morgan fingerprint density at radius 3 is 2.73 bits per heavy atom. The van der Waals surface area contributed by atoms with Gasteiger partial charge < -0.3 is 5.11 Å². The van der Waals surface area contributed by atoms with Gasteiger partial charge in [0.15, 0.2) is 0 Å². The summed E-state index contributed by atoms with van der Waals surface area (Å²) in [6.07, 6.45) is 0. The van der Waals surface area contributed by atoms with Gasteiger partial charge in [0.05, 0.1) is 11.1 Å². The molecular weight excluding hydrogens is 211 g/mol. The van der Waals surface area contributed by atoms with Gasteiger partial charge >= 0.3 is 0 Å². The number of aliphatic hydroxyl groups excluding tert-OH is 1. The Balaban J connectivity index is 3.25. The molecule has 0 aliphatic rings. The van der Waals surface area contributed by atoms with Gasteiger partial charge in [-0.3, -0.25) is 0 Å². The summed E-state index contributed by atoms with van der Waals surface area (Å²) in [7, 11) is 0. The summed E-state index contributed by atoms with van der Waals surface area (Å²) in [5, 5.41) is 8.79. The van der Waals surface area contributed by atoms with E-state index in [4.69, 9.17) is 5.11 Å². The van der Waals surface area contributed by atoms with Crippen molar-refractivity contribution < 1.29 is 9.50 Å². The first-order chi connectivity index (χ1) is 5.16. The first-order valence-electron chi connectivity index (χ1n) is 3.21. The van der Waals surface area contributed by atoms with Crippen LogP contribution in [0.5, 0.6) is 0 Å². The number of rotatable bonds is 1. The van der Waals surface area contributed by atoms with Gasteiger partial charge in [0, 0.05) is 0 Å². The Morgan fingerprint density at radius 1 is 1.55 bits per heavy atom. The number of halogens is 2. The summed E-state index contributed by atoms with van der Waals surface area (Å²) in [5.41, 5.74) is 1.51. The van der Waals surface area contributed by atoms with Crippen LogP contribution in [0.4, 0.5) is 4.39 Å². The van der Waals surface area contributed by atoms with Crippen molar-refractivity contribution in [2.75, 3.05) is 0 Å². The maximum Gasteiger partial charge on any atom is 0.137 e. The molecule has 0 fully saturated rings. The third-order valence-corrected chi connectivity index (χ3v) is 2.60. The average molecular weight is 219 g/mol. The second-order valence-electron chi connectivity index (χ2n) is 2.30. The van der Waals surface area contributed by atoms with E-state index in [2.05, 4.69) is 15.9 Å². The van der Waals surface area contributed by atoms with Gasteiger partial charge in [-0.05, 0) is 40.0 Å². The maximum atomic E-state index is 12.8. The molecule has 1 aromatic rings. The minimum atomic E-state index is -0.292. The van der Waals surface area contributed by atoms with Gasteiger partial charge in [-0.2, -0.15) is 0 Å². The van der Waals surface area contributed by atoms with E-state index in [1.807, 2.05) is 0 Å². The first-order valence-corrected chi connectivity index (χ1v) is 4.00. The smallest absolute Gasteiger partial charge is 0.137 e. The van der Waals surface area contributed by atoms with Gasteiger partial charge in [0.1, 0.15) is 5.82 Å². The highest BCUT2D eigenvalue weighted by Gasteiger charge is 2.05. The topological polar surface area (TPSA) is 20.2 Å². The number of hydrogen-bond acceptors (Lipinski definition) is 1. The van der Waals surface area contributed by atoms with Gasteiger partial charge in [-0.15, -0.1) is 0 Å². The standard InChI is InChI=1S/C8H8BrFO/c1-5-6(4-11)2-3-7(10)8(5)9/h2-3,11H,4H2,1H3. The molecule has 0 atom stereocenters. The molecule has 0 aromatic heterocycles. The summed E-state index contributed by atoms with van der Waals surface area (Å²) < 4.78 is 13.2. The maximum absolute atomic E-state index is 12.8. The van der Waals surface area contributed by atoms with E-state index in [-0.39, 0.29) is 12.4 Å². The van der Waals surface area contributed by atoms with Crippen LogP contribution in [-0.4, -0.2) is 5.11 Å². The average Bonchev–Trinajstić information content (AvgIpc) is 2.01. The number of benzene rings is 1. The monoisotopic (exact) mass is 218 g/mol. The van der Waals surface area contributed by atoms with Gasteiger partial charge in [-0.1, -0.05) is 6.07 Å². The summed E-state index contributed by atoms with van der Waals surface area (Å²) >= 11 is 3.08. The lowest BCUT2D eigenvalue weighted by Crippen LogP contribution is -1.91. The molecule has 0 amide bonds. The lowest BCUT2D eigenvalue weighted by molar-refractivity contribution is 0.281. The minimum absolute atomic E-state index is 0.0509. The number of hydrogen-bond donors (Lipinski definition) is 1. The predicted octanol–water partition coefficient (Wildman–Crippen LogP) is 2.39. The Labute approximate surface area is 73.0 Å². The van der Waals surface area contributed by atoms with Crippen molar-refractivity contribution in [3.63, 3.8) is 0 Å². The molecule has 0 bridgehead atoms. The van der Waals surface area contributed by atoms with Crippen molar-refractivity contribution >= 4 is 15.9 Å². The lowest BCUT2D eigenvalue weighted by atomic mass is 10.1. The van der Waals surface area contributed by atoms with E-state index in [1.54, 1.807) is 13.0 Å². The van der Waals surface area contributed by atoms with E-state index in [0.717, 1.165) is 11.1 Å². The van der Waals surface area contributed by atoms with Crippen LogP contribution in [0.25, 0.3) is 0 Å². The zero-order valence-electron chi connectivity index (χ0n) is 6.06. The molecule has 0 aliphatic heterocycles. The molecule has 0 spiro atoms. The van der Waals surface area contributed by atoms with Crippen LogP contribution < -0.4 is 0 Å². The second kappa shape index (κ2) is 3.32. The van der Waals surface area contributed by atoms with Crippen LogP contribution in [0.2, 0.25) is 0 Å². The van der Waals surface area contributed by atoms with Crippen LogP contribution in [-0.2, 0) is 6.61 Å². The zero-order valence-corrected chi connectivity index (χ0v) is 7.65. The molecule has 1 rings (SSSR count). The normalized spacial score (nSPS) is 10.2. The highest BCUT2D eigenvalue weighted by Crippen LogP contribution is 2.22. The van der Waals surface area contributed by atoms with Crippen molar-refractivity contribution in [1.29, 1.82) is 0 Å². The van der Waals surface area contributed by atoms with Crippen LogP contribution in [0.3, 0.4) is 0 Å². The van der Waals surface area contributed by atoms with Crippen molar-refractivity contribution in [3.8, 4) is 0 Å². The van der Waals surface area contributed by atoms with Crippen LogP contribution in [0.15, 0.2) is 16.6 Å². The molecule has 1 N–H and O–H groups in total. The third kappa shape index (κ3) is 1.60. The highest BCUT2D eigenvalue weighted by atomic mass is 79.9. The zero-order chi connectivity index (χ0) is 8.43. The Hall–Kier alpha value is -0.410. The largest absolute Gasteiger partial charge is 0.392 e. The van der Waals surface area contributed by atoms with Gasteiger partial charge in [0.2, 0.25) is 0 Å². The third-order valence-electron chi connectivity index (χ3n) is 1.62. The Morgan fingerprint density at radius 2 is 2.18 bits per heavy atom. The lowest BCUT2D eigenvalue weighted by Gasteiger charge is -2.04. The van der Waals surface area contributed by atoms with E-state index in [1.165, 1.54) is 6.07 Å². The highest BCUT2D eigenvalue weighted by molar-refractivity contribution is 9.10. The first kappa shape index (κ1) is 8.68. The van der Waals surface area contributed by atoms with Crippen molar-refractivity contribution in [3.05, 3.63) is 33.5 Å². The predicted molar refractivity (Wildman–Crippen MR) is 44.8 cm³/mol. The molecule has 1 nitrogen and oxygen atoms in total. The molecule has 0 radical (unpaired) electrons.